The number of anilines is 1. The summed E-state index contributed by atoms with van der Waals surface area (Å²) in [4.78, 5) is 88.2. The normalized spacial score (nSPS) is 20.6. The summed E-state index contributed by atoms with van der Waals surface area (Å²) in [6, 6.07) is 31.0. The SMILES string of the molecule is COc1ccc(C(OC[C@H]2O[C@@H](n3cnc4c(=O)[nH]c(NC(=O)COc5ccc(C(C)C)cc5)nc43)C[C@@H]2OP(=O)(OCCCO[C@@H]2O[C@H](COC(C)=O)[C@@H](OC(C)=O)[C@H](OC(C)=O)[C@H]2OC(C)=O)N(C(C)C)C(C)C)(c2ccccc2)c2ccc(OC)cc2)cc1. The maximum atomic E-state index is 16.1. The molecule has 4 heterocycles. The van der Waals surface area contributed by atoms with E-state index in [0.29, 0.717) is 34.3 Å². The Hall–Kier alpha value is -8.07. The molecule has 2 fully saturated rings. The van der Waals surface area contributed by atoms with Crippen molar-refractivity contribution >= 4 is 54.6 Å². The van der Waals surface area contributed by atoms with Crippen LogP contribution in [0.25, 0.3) is 11.2 Å². The van der Waals surface area contributed by atoms with E-state index >= 15 is 4.57 Å². The Morgan fingerprint density at radius 3 is 1.85 bits per heavy atom. The predicted molar refractivity (Wildman–Crippen MR) is 333 cm³/mol. The second-order valence-corrected chi connectivity index (χ2v) is 24.7. The molecular formula is C65H81N6O20P. The molecular weight excluding hydrogens is 1220 g/mol. The fourth-order valence-electron chi connectivity index (χ4n) is 11.1. The highest BCUT2D eigenvalue weighted by Crippen LogP contribution is 2.58. The van der Waals surface area contributed by atoms with Gasteiger partial charge in [-0.3, -0.25) is 52.7 Å². The first-order valence-electron chi connectivity index (χ1n) is 30.2. The Bertz CT molecular complexity index is 3510. The molecule has 2 aliphatic heterocycles. The summed E-state index contributed by atoms with van der Waals surface area (Å²) in [6.45, 7) is 14.4. The largest absolute Gasteiger partial charge is 0.497 e. The minimum absolute atomic E-state index is 0.00152. The topological polar surface area (TPSA) is 301 Å². The fraction of sp³-hybridized carbons (Fsp3) is 0.477. The number of nitrogens with one attached hydrogen (secondary N) is 2. The van der Waals surface area contributed by atoms with E-state index in [1.807, 2.05) is 119 Å². The first-order chi connectivity index (χ1) is 43.9. The van der Waals surface area contributed by atoms with Crippen molar-refractivity contribution in [2.45, 2.75) is 155 Å². The molecule has 1 amide bonds. The number of imidazole rings is 1. The minimum Gasteiger partial charge on any atom is -0.497 e. The molecule has 0 bridgehead atoms. The van der Waals surface area contributed by atoms with Crippen molar-refractivity contribution in [2.75, 3.05) is 52.6 Å². The Morgan fingerprint density at radius 1 is 0.707 bits per heavy atom. The molecule has 26 nitrogen and oxygen atoms in total. The molecule has 8 rings (SSSR count). The number of aromatic amines is 1. The standard InChI is InChI=1S/C65H81N6O20P/c1-38(2)45-19-25-51(26-20-45)83-36-55(76)67-64-68-61-57(62(77)69-64)66-37-70(61)56-33-52(53(89-56)35-84-65(46-17-14-13-15-18-46,47-21-27-49(79-11)28-22-47)48-23-29-50(80-12)30-24-48)91-92(78,71(39(3)4)40(5)6)85-32-16-31-81-63-60(88-44(10)75)59(87-43(9)74)58(86-42(8)73)54(90-63)34-82-41(7)72/h13-15,17-30,37-40,52-54,56,58-60,63H,16,31-36H2,1-12H3,(H2,67,68,69,76,77)/t52-,53+,54+,56+,58+,59-,60+,63+,92?/m0/s1. The van der Waals surface area contributed by atoms with E-state index in [1.165, 1.54) is 10.9 Å². The number of hydrogen-bond acceptors (Lipinski definition) is 22. The van der Waals surface area contributed by atoms with Crippen LogP contribution in [0.1, 0.15) is 116 Å². The van der Waals surface area contributed by atoms with E-state index in [9.17, 15) is 28.8 Å². The molecule has 2 aliphatic rings. The summed E-state index contributed by atoms with van der Waals surface area (Å²) in [5, 5.41) is 2.63. The molecule has 92 heavy (non-hydrogen) atoms. The molecule has 0 aliphatic carbocycles. The van der Waals surface area contributed by atoms with Gasteiger partial charge < -0.3 is 52.1 Å². The lowest BCUT2D eigenvalue weighted by Gasteiger charge is -2.44. The van der Waals surface area contributed by atoms with Crippen LogP contribution in [-0.2, 0) is 81.1 Å². The number of H-pyrrole nitrogens is 1. The summed E-state index contributed by atoms with van der Waals surface area (Å²) in [5.41, 5.74) is 1.20. The maximum absolute atomic E-state index is 16.1. The van der Waals surface area contributed by atoms with Gasteiger partial charge in [-0.1, -0.05) is 80.6 Å². The van der Waals surface area contributed by atoms with Crippen LogP contribution < -0.4 is 25.1 Å². The smallest absolute Gasteiger partial charge is 0.409 e. The monoisotopic (exact) mass is 1300 g/mol. The van der Waals surface area contributed by atoms with Gasteiger partial charge in [0.25, 0.3) is 11.5 Å². The van der Waals surface area contributed by atoms with Gasteiger partial charge in [0.1, 0.15) is 54.0 Å². The number of methoxy groups -OCH3 is 2. The zero-order valence-electron chi connectivity index (χ0n) is 53.6. The van der Waals surface area contributed by atoms with E-state index in [2.05, 4.69) is 34.1 Å². The third kappa shape index (κ3) is 17.1. The Labute approximate surface area is 533 Å². The number of carbonyl (C=O) groups is 5. The quantitative estimate of drug-likeness (QED) is 0.0140. The number of amides is 1. The van der Waals surface area contributed by atoms with Crippen molar-refractivity contribution in [1.29, 1.82) is 0 Å². The first kappa shape index (κ1) is 69.8. The van der Waals surface area contributed by atoms with Crippen LogP contribution in [-0.4, -0.2) is 156 Å². The molecule has 1 unspecified atom stereocenters. The lowest BCUT2D eigenvalue weighted by Crippen LogP contribution is -2.63. The van der Waals surface area contributed by atoms with Crippen molar-refractivity contribution < 1.29 is 89.7 Å². The van der Waals surface area contributed by atoms with Gasteiger partial charge in [-0.15, -0.1) is 0 Å². The maximum Gasteiger partial charge on any atom is 0.409 e. The lowest BCUT2D eigenvalue weighted by atomic mass is 9.80. The second kappa shape index (κ2) is 31.5. The molecule has 0 radical (unpaired) electrons. The van der Waals surface area contributed by atoms with E-state index in [1.54, 1.807) is 31.0 Å². The van der Waals surface area contributed by atoms with Crippen molar-refractivity contribution in [3.63, 3.8) is 0 Å². The Morgan fingerprint density at radius 2 is 1.28 bits per heavy atom. The molecule has 496 valence electrons. The third-order valence-electron chi connectivity index (χ3n) is 15.1. The van der Waals surface area contributed by atoms with Crippen LogP contribution >= 0.6 is 7.75 Å². The van der Waals surface area contributed by atoms with Gasteiger partial charge in [-0.25, -0.2) is 14.2 Å². The number of carbonyl (C=O) groups excluding carboxylic acids is 5. The number of nitrogens with zero attached hydrogens (tertiary/aromatic N) is 4. The predicted octanol–water partition coefficient (Wildman–Crippen LogP) is 8.69. The molecule has 27 heteroatoms. The molecule has 6 aromatic rings. The van der Waals surface area contributed by atoms with Gasteiger partial charge in [0.2, 0.25) is 5.95 Å². The van der Waals surface area contributed by atoms with E-state index < -0.39 is 123 Å². The number of aromatic nitrogens is 4. The average Bonchev–Trinajstić information content (AvgIpc) is 1.42. The summed E-state index contributed by atoms with van der Waals surface area (Å²) in [5.74, 6) is -1.92. The van der Waals surface area contributed by atoms with Gasteiger partial charge in [0, 0.05) is 46.2 Å². The molecule has 2 N–H and O–H groups in total. The number of fused-ring (bicyclic) bond motifs is 1. The zero-order chi connectivity index (χ0) is 66.4. The van der Waals surface area contributed by atoms with Crippen LogP contribution in [0.3, 0.4) is 0 Å². The van der Waals surface area contributed by atoms with Gasteiger partial charge in [-0.05, 0) is 98.7 Å². The lowest BCUT2D eigenvalue weighted by molar-refractivity contribution is -0.308. The molecule has 2 saturated heterocycles. The summed E-state index contributed by atoms with van der Waals surface area (Å²) >= 11 is 0. The molecule has 2 aromatic heterocycles. The Balaban J connectivity index is 1.13. The highest BCUT2D eigenvalue weighted by molar-refractivity contribution is 7.51. The zero-order valence-corrected chi connectivity index (χ0v) is 54.5. The van der Waals surface area contributed by atoms with Gasteiger partial charge in [0.15, 0.2) is 42.4 Å². The highest BCUT2D eigenvalue weighted by atomic mass is 31.2. The number of rotatable bonds is 30. The van der Waals surface area contributed by atoms with E-state index in [-0.39, 0.29) is 49.8 Å². The Kier molecular flexibility index (Phi) is 23.9. The minimum atomic E-state index is -4.48. The van der Waals surface area contributed by atoms with Crippen LogP contribution in [0.4, 0.5) is 5.95 Å². The average molecular weight is 1300 g/mol. The number of ether oxygens (including phenoxy) is 11. The van der Waals surface area contributed by atoms with Gasteiger partial charge in [-0.2, -0.15) is 4.98 Å². The molecule has 9 atom stereocenters. The van der Waals surface area contributed by atoms with E-state index in [0.717, 1.165) is 38.8 Å². The van der Waals surface area contributed by atoms with Crippen molar-refractivity contribution in [1.82, 2.24) is 24.2 Å². The summed E-state index contributed by atoms with van der Waals surface area (Å²) in [6.07, 6.45) is -9.01. The van der Waals surface area contributed by atoms with Crippen LogP contribution in [0.15, 0.2) is 114 Å². The van der Waals surface area contributed by atoms with Gasteiger partial charge in [0.05, 0.1) is 40.4 Å². The number of esters is 4. The highest BCUT2D eigenvalue weighted by Gasteiger charge is 2.53. The number of hydrogen-bond donors (Lipinski definition) is 2. The van der Waals surface area contributed by atoms with Crippen LogP contribution in [0.5, 0.6) is 17.2 Å². The first-order valence-corrected chi connectivity index (χ1v) is 31.7. The van der Waals surface area contributed by atoms with Crippen molar-refractivity contribution in [2.24, 2.45) is 0 Å². The molecule has 4 aromatic carbocycles. The van der Waals surface area contributed by atoms with Crippen molar-refractivity contribution in [3.8, 4) is 17.2 Å². The molecule has 0 saturated carbocycles. The second-order valence-electron chi connectivity index (χ2n) is 22.8. The number of benzene rings is 4. The summed E-state index contributed by atoms with van der Waals surface area (Å²) < 4.78 is 98.2. The van der Waals surface area contributed by atoms with Gasteiger partial charge >= 0.3 is 31.6 Å². The fourth-order valence-corrected chi connectivity index (χ4v) is 13.5. The van der Waals surface area contributed by atoms with Crippen molar-refractivity contribution in [3.05, 3.63) is 142 Å². The van der Waals surface area contributed by atoms with Crippen LogP contribution in [0, 0.1) is 0 Å². The summed E-state index contributed by atoms with van der Waals surface area (Å²) in [7, 11) is -1.33. The molecule has 0 spiro atoms. The third-order valence-corrected chi connectivity index (χ3v) is 17.7. The van der Waals surface area contributed by atoms with E-state index in [4.69, 9.17) is 61.2 Å². The van der Waals surface area contributed by atoms with Crippen LogP contribution in [0.2, 0.25) is 0 Å².